The molecule has 1 aromatic carbocycles. The van der Waals surface area contributed by atoms with Crippen molar-refractivity contribution in [3.8, 4) is 11.3 Å². The molecule has 4 heteroatoms. The van der Waals surface area contributed by atoms with E-state index < -0.39 is 5.60 Å². The number of likely N-dealkylation sites (tertiary alicyclic amines) is 1. The van der Waals surface area contributed by atoms with Gasteiger partial charge in [0, 0.05) is 30.4 Å². The summed E-state index contributed by atoms with van der Waals surface area (Å²) in [6.45, 7) is 9.31. The molecule has 1 saturated heterocycles. The fourth-order valence-corrected chi connectivity index (χ4v) is 3.25. The summed E-state index contributed by atoms with van der Waals surface area (Å²) in [7, 11) is 0. The SMILES string of the molecule is Cc1ccc(-c2ccc(C3CCN(C(=O)OC(C)(C)C)CC3)[nH]2)cc1. The molecule has 134 valence electrons. The average molecular weight is 340 g/mol. The number of nitrogens with zero attached hydrogens (tertiary/aromatic N) is 1. The van der Waals surface area contributed by atoms with Gasteiger partial charge in [-0.1, -0.05) is 29.8 Å². The van der Waals surface area contributed by atoms with Gasteiger partial charge in [-0.25, -0.2) is 4.79 Å². The molecule has 4 nitrogen and oxygen atoms in total. The van der Waals surface area contributed by atoms with Crippen LogP contribution in [0, 0.1) is 6.92 Å². The minimum absolute atomic E-state index is 0.196. The number of rotatable bonds is 2. The molecule has 2 heterocycles. The number of aryl methyl sites for hydroxylation is 1. The summed E-state index contributed by atoms with van der Waals surface area (Å²) < 4.78 is 5.47. The molecule has 0 saturated carbocycles. The lowest BCUT2D eigenvalue weighted by atomic mass is 9.94. The quantitative estimate of drug-likeness (QED) is 0.826. The van der Waals surface area contributed by atoms with Crippen LogP contribution < -0.4 is 0 Å². The Labute approximate surface area is 150 Å². The first-order chi connectivity index (χ1) is 11.8. The number of ether oxygens (including phenoxy) is 1. The molecule has 0 bridgehead atoms. The zero-order valence-electron chi connectivity index (χ0n) is 15.6. The van der Waals surface area contributed by atoms with Crippen LogP contribution in [-0.2, 0) is 4.74 Å². The fraction of sp³-hybridized carbons (Fsp3) is 0.476. The smallest absolute Gasteiger partial charge is 0.410 e. The standard InChI is InChI=1S/C21H28N2O2/c1-15-5-7-16(8-6-15)18-9-10-19(22-18)17-11-13-23(14-12-17)20(24)25-21(2,3)4/h5-10,17,22H,11-14H2,1-4H3. The van der Waals surface area contributed by atoms with Crippen molar-refractivity contribution < 1.29 is 9.53 Å². The maximum absolute atomic E-state index is 12.2. The van der Waals surface area contributed by atoms with E-state index in [1.54, 1.807) is 0 Å². The van der Waals surface area contributed by atoms with Crippen LogP contribution in [0.5, 0.6) is 0 Å². The van der Waals surface area contributed by atoms with E-state index in [2.05, 4.69) is 48.3 Å². The normalized spacial score (nSPS) is 16.1. The molecule has 25 heavy (non-hydrogen) atoms. The van der Waals surface area contributed by atoms with Crippen LogP contribution in [0.1, 0.15) is 50.8 Å². The summed E-state index contributed by atoms with van der Waals surface area (Å²) in [4.78, 5) is 17.6. The van der Waals surface area contributed by atoms with Crippen LogP contribution in [-0.4, -0.2) is 34.7 Å². The van der Waals surface area contributed by atoms with Gasteiger partial charge in [0.15, 0.2) is 0 Å². The largest absolute Gasteiger partial charge is 0.444 e. The zero-order valence-corrected chi connectivity index (χ0v) is 15.6. The Morgan fingerprint density at radius 3 is 2.32 bits per heavy atom. The molecular formula is C21H28N2O2. The molecular weight excluding hydrogens is 312 g/mol. The summed E-state index contributed by atoms with van der Waals surface area (Å²) in [6, 6.07) is 12.9. The minimum Gasteiger partial charge on any atom is -0.444 e. The highest BCUT2D eigenvalue weighted by molar-refractivity contribution is 5.68. The van der Waals surface area contributed by atoms with Crippen molar-refractivity contribution in [3.63, 3.8) is 0 Å². The van der Waals surface area contributed by atoms with Crippen LogP contribution >= 0.6 is 0 Å². The number of nitrogens with one attached hydrogen (secondary N) is 1. The van der Waals surface area contributed by atoms with Crippen LogP contribution in [0.4, 0.5) is 4.79 Å². The molecule has 1 fully saturated rings. The van der Waals surface area contributed by atoms with Crippen molar-refractivity contribution in [1.29, 1.82) is 0 Å². The van der Waals surface area contributed by atoms with Gasteiger partial charge in [-0.3, -0.25) is 0 Å². The van der Waals surface area contributed by atoms with E-state index in [1.165, 1.54) is 16.8 Å². The summed E-state index contributed by atoms with van der Waals surface area (Å²) >= 11 is 0. The minimum atomic E-state index is -0.434. The lowest BCUT2D eigenvalue weighted by Crippen LogP contribution is -2.41. The van der Waals surface area contributed by atoms with Crippen LogP contribution in [0.25, 0.3) is 11.3 Å². The lowest BCUT2D eigenvalue weighted by molar-refractivity contribution is 0.0204. The third-order valence-electron chi connectivity index (χ3n) is 4.66. The van der Waals surface area contributed by atoms with Crippen LogP contribution in [0.3, 0.4) is 0 Å². The van der Waals surface area contributed by atoms with Gasteiger partial charge < -0.3 is 14.6 Å². The maximum atomic E-state index is 12.2. The Hall–Kier alpha value is -2.23. The monoisotopic (exact) mass is 340 g/mol. The molecule has 0 aliphatic carbocycles. The number of piperidine rings is 1. The summed E-state index contributed by atoms with van der Waals surface area (Å²) in [5.41, 5.74) is 4.47. The second-order valence-corrected chi connectivity index (χ2v) is 7.94. The average Bonchev–Trinajstić information content (AvgIpc) is 3.04. The molecule has 1 aliphatic heterocycles. The highest BCUT2D eigenvalue weighted by Gasteiger charge is 2.28. The van der Waals surface area contributed by atoms with Gasteiger partial charge in [-0.15, -0.1) is 0 Å². The Morgan fingerprint density at radius 1 is 1.08 bits per heavy atom. The van der Waals surface area contributed by atoms with Gasteiger partial charge in [0.25, 0.3) is 0 Å². The third kappa shape index (κ3) is 4.44. The lowest BCUT2D eigenvalue weighted by Gasteiger charge is -2.33. The predicted octanol–water partition coefficient (Wildman–Crippen LogP) is 5.10. The van der Waals surface area contributed by atoms with Crippen LogP contribution in [0.15, 0.2) is 36.4 Å². The third-order valence-corrected chi connectivity index (χ3v) is 4.66. The number of hydrogen-bond donors (Lipinski definition) is 1. The molecule has 0 spiro atoms. The number of hydrogen-bond acceptors (Lipinski definition) is 2. The van der Waals surface area contributed by atoms with Crippen molar-refractivity contribution in [2.75, 3.05) is 13.1 Å². The van der Waals surface area contributed by atoms with Gasteiger partial charge in [0.2, 0.25) is 0 Å². The van der Waals surface area contributed by atoms with Crippen molar-refractivity contribution in [2.24, 2.45) is 0 Å². The molecule has 3 rings (SSSR count). The summed E-state index contributed by atoms with van der Waals surface area (Å²) in [5, 5.41) is 0. The highest BCUT2D eigenvalue weighted by atomic mass is 16.6. The van der Waals surface area contributed by atoms with Gasteiger partial charge in [-0.05, 0) is 58.2 Å². The van der Waals surface area contributed by atoms with E-state index in [9.17, 15) is 4.79 Å². The maximum Gasteiger partial charge on any atom is 0.410 e. The van der Waals surface area contributed by atoms with Gasteiger partial charge in [-0.2, -0.15) is 0 Å². The number of benzene rings is 1. The molecule has 2 aromatic rings. The first-order valence-corrected chi connectivity index (χ1v) is 9.06. The van der Waals surface area contributed by atoms with E-state index in [4.69, 9.17) is 4.74 Å². The van der Waals surface area contributed by atoms with E-state index in [1.807, 2.05) is 25.7 Å². The number of aromatic amines is 1. The van der Waals surface area contributed by atoms with E-state index in [0.29, 0.717) is 5.92 Å². The van der Waals surface area contributed by atoms with Crippen molar-refractivity contribution in [3.05, 3.63) is 47.7 Å². The molecule has 0 unspecified atom stereocenters. The molecule has 0 radical (unpaired) electrons. The van der Waals surface area contributed by atoms with Crippen LogP contribution in [0.2, 0.25) is 0 Å². The summed E-state index contributed by atoms with van der Waals surface area (Å²) in [6.07, 6.45) is 1.73. The van der Waals surface area contributed by atoms with Gasteiger partial charge >= 0.3 is 6.09 Å². The number of amides is 1. The summed E-state index contributed by atoms with van der Waals surface area (Å²) in [5.74, 6) is 0.470. The molecule has 1 amide bonds. The van der Waals surface area contributed by atoms with Gasteiger partial charge in [0.1, 0.15) is 5.60 Å². The molecule has 0 atom stereocenters. The molecule has 1 N–H and O–H groups in total. The first kappa shape index (κ1) is 17.6. The first-order valence-electron chi connectivity index (χ1n) is 9.06. The van der Waals surface area contributed by atoms with E-state index in [-0.39, 0.29) is 6.09 Å². The van der Waals surface area contributed by atoms with Crippen molar-refractivity contribution >= 4 is 6.09 Å². The fourth-order valence-electron chi connectivity index (χ4n) is 3.25. The van der Waals surface area contributed by atoms with Crippen molar-refractivity contribution in [1.82, 2.24) is 9.88 Å². The number of H-pyrrole nitrogens is 1. The van der Waals surface area contributed by atoms with Crippen molar-refractivity contribution in [2.45, 2.75) is 52.1 Å². The predicted molar refractivity (Wildman–Crippen MR) is 101 cm³/mol. The van der Waals surface area contributed by atoms with E-state index >= 15 is 0 Å². The Bertz CT molecular complexity index is 717. The highest BCUT2D eigenvalue weighted by Crippen LogP contribution is 2.30. The van der Waals surface area contributed by atoms with E-state index in [0.717, 1.165) is 31.6 Å². The Morgan fingerprint density at radius 2 is 1.72 bits per heavy atom. The van der Waals surface area contributed by atoms with Gasteiger partial charge in [0.05, 0.1) is 0 Å². The second-order valence-electron chi connectivity index (χ2n) is 7.94. The number of aromatic nitrogens is 1. The topological polar surface area (TPSA) is 45.3 Å². The molecule has 1 aliphatic rings. The Balaban J connectivity index is 1.60. The zero-order chi connectivity index (χ0) is 18.0. The number of carbonyl (C=O) groups is 1. The Kier molecular flexibility index (Phi) is 4.89. The second kappa shape index (κ2) is 6.95. The number of carbonyl (C=O) groups excluding carboxylic acids is 1. The molecule has 1 aromatic heterocycles.